The van der Waals surface area contributed by atoms with Crippen molar-refractivity contribution in [3.05, 3.63) is 293 Å². The van der Waals surface area contributed by atoms with E-state index in [4.69, 9.17) is 0 Å². The molecular weight excluding hydrogens is 1050 g/mol. The summed E-state index contributed by atoms with van der Waals surface area (Å²) in [5, 5.41) is 6.23. The number of para-hydroxylation sites is 1. The minimum atomic E-state index is -0.186. The van der Waals surface area contributed by atoms with Crippen LogP contribution in [0, 0.1) is 0 Å². The van der Waals surface area contributed by atoms with Crippen LogP contribution in [0.4, 0.5) is 0 Å². The highest BCUT2D eigenvalue weighted by Gasteiger charge is 2.37. The topological polar surface area (TPSA) is 9.86 Å². The molecule has 13 rings (SSSR count). The van der Waals surface area contributed by atoms with Crippen molar-refractivity contribution >= 4 is 49.4 Å². The predicted octanol–water partition coefficient (Wildman–Crippen LogP) is 22.6. The van der Waals surface area contributed by atoms with E-state index in [0.717, 1.165) is 24.9 Å². The first-order valence-corrected chi connectivity index (χ1v) is 31.8. The molecule has 0 aliphatic heterocycles. The van der Waals surface area contributed by atoms with Crippen LogP contribution in [0.5, 0.6) is 0 Å². The maximum Gasteiger partial charge on any atom is 0.0619 e. The number of aromatic nitrogens is 2. The summed E-state index contributed by atoms with van der Waals surface area (Å²) in [6, 6.07) is 73.9. The molecule has 0 radical (unpaired) electrons. The van der Waals surface area contributed by atoms with E-state index in [1.165, 1.54) is 144 Å². The monoisotopic (exact) mass is 1130 g/mol. The SMILES string of the molecule is C=C/C=C\C=C/C/C(C)=c1/c(=C(\CC)c2ccccc2)n(-c2ccc3c(c2)C(C)(C)c2ccccc2-3)c2c(-c3ccc4c(c3)c3cc(/C(C)=C/C=C\CC)cc(-c5ccccc5)c3n4-c3ccc4c(c3)C(C)(C)c3ccccc3-4)cccc12.CC.CC. The number of allylic oxidation sites excluding steroid dienone is 9. The highest BCUT2D eigenvalue weighted by molar-refractivity contribution is 6.16. The highest BCUT2D eigenvalue weighted by Crippen LogP contribution is 2.52. The lowest BCUT2D eigenvalue weighted by molar-refractivity contribution is 0.659. The minimum Gasteiger partial charge on any atom is -0.309 e. The second kappa shape index (κ2) is 25.0. The van der Waals surface area contributed by atoms with E-state index < -0.39 is 0 Å². The Labute approximate surface area is 517 Å². The summed E-state index contributed by atoms with van der Waals surface area (Å²) in [6.45, 7) is 30.6. The fourth-order valence-electron chi connectivity index (χ4n) is 14.0. The molecule has 0 saturated heterocycles. The zero-order valence-electron chi connectivity index (χ0n) is 53.3. The molecule has 0 saturated carbocycles. The number of nitrogens with zero attached hydrogens (tertiary/aromatic N) is 2. The van der Waals surface area contributed by atoms with Crippen molar-refractivity contribution in [2.75, 3.05) is 0 Å². The van der Waals surface area contributed by atoms with E-state index in [9.17, 15) is 0 Å². The summed E-state index contributed by atoms with van der Waals surface area (Å²) >= 11 is 0. The molecule has 87 heavy (non-hydrogen) atoms. The third-order valence-corrected chi connectivity index (χ3v) is 18.2. The lowest BCUT2D eigenvalue weighted by Gasteiger charge is -2.22. The molecule has 11 aromatic rings. The van der Waals surface area contributed by atoms with Gasteiger partial charge in [0.25, 0.3) is 0 Å². The molecule has 2 aromatic heterocycles. The molecule has 2 heterocycles. The van der Waals surface area contributed by atoms with Crippen molar-refractivity contribution in [2.45, 2.75) is 113 Å². The Morgan fingerprint density at radius 1 is 0.448 bits per heavy atom. The van der Waals surface area contributed by atoms with Crippen LogP contribution in [-0.4, -0.2) is 9.13 Å². The maximum absolute atomic E-state index is 3.92. The smallest absolute Gasteiger partial charge is 0.0619 e. The van der Waals surface area contributed by atoms with Gasteiger partial charge >= 0.3 is 0 Å². The standard InChI is InChI=1S/C81H72N2.2C2H6/c1-10-13-15-16-20-31-54(5)76-67-39-29-38-62(77(67)83(79(76)61(12-3)55-32-21-17-22-33-55)60-44-46-66-64-37-26-28-41-72(64)81(8,9)74(66)52-60)57-42-47-75-69(48-57)70-50-58(53(4)30-19-14-11-2)49-68(56-34-23-18-24-35-56)78(70)82(75)59-43-45-65-63-36-25-27-40-71(63)80(6,7)73(65)51-59;2*1-2/h10,13-30,32-52H,1,11-12,31H2,2-9H3;2*1-2H3/b15-13-,19-14-,20-16-,53-30+,76-54+,79-61-;;. The second-order valence-corrected chi connectivity index (χ2v) is 23.8. The molecular formula is C85H84N2. The van der Waals surface area contributed by atoms with Gasteiger partial charge in [0.15, 0.2) is 0 Å². The molecule has 0 unspecified atom stereocenters. The van der Waals surface area contributed by atoms with Gasteiger partial charge in [-0.1, -0.05) is 276 Å². The Kier molecular flexibility index (Phi) is 17.1. The Morgan fingerprint density at radius 2 is 1.02 bits per heavy atom. The lowest BCUT2D eigenvalue weighted by atomic mass is 9.82. The van der Waals surface area contributed by atoms with E-state index in [2.05, 4.69) is 302 Å². The highest BCUT2D eigenvalue weighted by atomic mass is 15.0. The van der Waals surface area contributed by atoms with Gasteiger partial charge in [0, 0.05) is 54.7 Å². The van der Waals surface area contributed by atoms with Gasteiger partial charge < -0.3 is 9.13 Å². The predicted molar refractivity (Wildman–Crippen MR) is 380 cm³/mol. The normalized spacial score (nSPS) is 14.4. The van der Waals surface area contributed by atoms with Crippen LogP contribution in [0.3, 0.4) is 0 Å². The molecule has 2 aliphatic rings. The van der Waals surface area contributed by atoms with Crippen molar-refractivity contribution in [3.63, 3.8) is 0 Å². The molecule has 0 fully saturated rings. The van der Waals surface area contributed by atoms with Crippen molar-refractivity contribution in [1.29, 1.82) is 0 Å². The Bertz CT molecular complexity index is 4670. The van der Waals surface area contributed by atoms with Gasteiger partial charge in [-0.05, 0) is 160 Å². The Hall–Kier alpha value is -9.24. The molecule has 2 nitrogen and oxygen atoms in total. The van der Waals surface area contributed by atoms with Gasteiger partial charge in [0.1, 0.15) is 0 Å². The van der Waals surface area contributed by atoms with Crippen molar-refractivity contribution < 1.29 is 0 Å². The molecule has 2 heteroatoms. The van der Waals surface area contributed by atoms with Gasteiger partial charge in [0.05, 0.1) is 21.9 Å². The van der Waals surface area contributed by atoms with E-state index in [1.807, 2.05) is 39.8 Å². The zero-order chi connectivity index (χ0) is 61.1. The first-order valence-electron chi connectivity index (χ1n) is 31.8. The minimum absolute atomic E-state index is 0.161. The zero-order valence-corrected chi connectivity index (χ0v) is 53.3. The Balaban J connectivity index is 0.00000192. The van der Waals surface area contributed by atoms with Crippen LogP contribution in [0.25, 0.3) is 105 Å². The largest absolute Gasteiger partial charge is 0.309 e. The first kappa shape index (κ1) is 59.5. The van der Waals surface area contributed by atoms with Gasteiger partial charge in [-0.15, -0.1) is 0 Å². The van der Waals surface area contributed by atoms with Crippen LogP contribution < -0.4 is 10.6 Å². The van der Waals surface area contributed by atoms with Crippen LogP contribution >= 0.6 is 0 Å². The van der Waals surface area contributed by atoms with E-state index in [-0.39, 0.29) is 10.8 Å². The molecule has 0 amide bonds. The molecule has 0 spiro atoms. The van der Waals surface area contributed by atoms with Crippen LogP contribution in [-0.2, 0) is 10.8 Å². The molecule has 0 N–H and O–H groups in total. The van der Waals surface area contributed by atoms with Crippen molar-refractivity contribution in [1.82, 2.24) is 9.13 Å². The Morgan fingerprint density at radius 3 is 1.64 bits per heavy atom. The van der Waals surface area contributed by atoms with Gasteiger partial charge in [0.2, 0.25) is 0 Å². The maximum atomic E-state index is 3.92. The van der Waals surface area contributed by atoms with Gasteiger partial charge in [-0.3, -0.25) is 0 Å². The fourth-order valence-corrected chi connectivity index (χ4v) is 14.0. The molecule has 434 valence electrons. The van der Waals surface area contributed by atoms with E-state index in [1.54, 1.807) is 0 Å². The summed E-state index contributed by atoms with van der Waals surface area (Å²) < 4.78 is 5.22. The number of hydrogen-bond donors (Lipinski definition) is 0. The van der Waals surface area contributed by atoms with E-state index in [0.29, 0.717) is 0 Å². The van der Waals surface area contributed by atoms with Gasteiger partial charge in [-0.2, -0.15) is 0 Å². The quantitative estimate of drug-likeness (QED) is 0.102. The van der Waals surface area contributed by atoms with Crippen LogP contribution in [0.2, 0.25) is 0 Å². The number of fused-ring (bicyclic) bond motifs is 10. The second-order valence-electron chi connectivity index (χ2n) is 23.8. The van der Waals surface area contributed by atoms with Crippen LogP contribution in [0.1, 0.15) is 136 Å². The van der Waals surface area contributed by atoms with E-state index >= 15 is 0 Å². The van der Waals surface area contributed by atoms with Gasteiger partial charge in [-0.25, -0.2) is 0 Å². The summed E-state index contributed by atoms with van der Waals surface area (Å²) in [7, 11) is 0. The fraction of sp³-hybridized carbons (Fsp3) is 0.200. The van der Waals surface area contributed by atoms with Crippen LogP contribution in [0.15, 0.2) is 249 Å². The summed E-state index contributed by atoms with van der Waals surface area (Å²) in [5.41, 5.74) is 27.4. The summed E-state index contributed by atoms with van der Waals surface area (Å²) in [5.74, 6) is 0. The summed E-state index contributed by atoms with van der Waals surface area (Å²) in [6.07, 6.45) is 19.7. The first-order chi connectivity index (χ1) is 42.4. The molecule has 0 bridgehead atoms. The third-order valence-electron chi connectivity index (χ3n) is 18.2. The number of rotatable bonds is 13. The summed E-state index contributed by atoms with van der Waals surface area (Å²) in [4.78, 5) is 0. The molecule has 2 aliphatic carbocycles. The van der Waals surface area contributed by atoms with Crippen molar-refractivity contribution in [3.8, 4) is 55.9 Å². The number of benzene rings is 9. The van der Waals surface area contributed by atoms with Crippen molar-refractivity contribution in [2.24, 2.45) is 0 Å². The third kappa shape index (κ3) is 10.3. The molecule has 0 atom stereocenters. The lowest BCUT2D eigenvalue weighted by Crippen LogP contribution is -2.33. The average Bonchev–Trinajstić information content (AvgIpc) is 1.65. The molecule has 9 aromatic carbocycles. The number of hydrogen-bond acceptors (Lipinski definition) is 0. The average molecular weight is 1130 g/mol.